The van der Waals surface area contributed by atoms with Gasteiger partial charge in [-0.25, -0.2) is 4.79 Å². The van der Waals surface area contributed by atoms with Crippen LogP contribution in [0.3, 0.4) is 0 Å². The van der Waals surface area contributed by atoms with Crippen LogP contribution in [0.5, 0.6) is 0 Å². The Morgan fingerprint density at radius 1 is 1.16 bits per heavy atom. The predicted octanol–water partition coefficient (Wildman–Crippen LogP) is 1.18. The monoisotopic (exact) mass is 262 g/mol. The van der Waals surface area contributed by atoms with Gasteiger partial charge in [-0.05, 0) is 25.1 Å². The number of hydrogen-bond acceptors (Lipinski definition) is 3. The van der Waals surface area contributed by atoms with Crippen molar-refractivity contribution in [2.75, 3.05) is 44.6 Å². The van der Waals surface area contributed by atoms with Gasteiger partial charge in [0, 0.05) is 38.4 Å². The highest BCUT2D eigenvalue weighted by atomic mass is 16.2. The number of hydrogen-bond donors (Lipinski definition) is 2. The first-order chi connectivity index (χ1) is 9.29. The number of carbonyl (C=O) groups is 1. The highest BCUT2D eigenvalue weighted by Gasteiger charge is 2.18. The minimum Gasteiger partial charge on any atom is -0.329 e. The minimum absolute atomic E-state index is 0.0131. The Balaban J connectivity index is 1.86. The lowest BCUT2D eigenvalue weighted by Gasteiger charge is -2.22. The summed E-state index contributed by atoms with van der Waals surface area (Å²) in [5, 5.41) is 2.93. The van der Waals surface area contributed by atoms with E-state index in [1.807, 2.05) is 35.2 Å². The lowest BCUT2D eigenvalue weighted by Crippen LogP contribution is -2.38. The van der Waals surface area contributed by atoms with Crippen LogP contribution in [0.2, 0.25) is 0 Å². The molecule has 19 heavy (non-hydrogen) atoms. The summed E-state index contributed by atoms with van der Waals surface area (Å²) in [5.74, 6) is 0. The summed E-state index contributed by atoms with van der Waals surface area (Å²) < 4.78 is 0. The normalized spacial score (nSPS) is 17.0. The lowest BCUT2D eigenvalue weighted by molar-refractivity contribution is 0.212. The highest BCUT2D eigenvalue weighted by molar-refractivity contribution is 5.89. The molecular weight excluding hydrogens is 240 g/mol. The van der Waals surface area contributed by atoms with Gasteiger partial charge in [-0.2, -0.15) is 0 Å². The molecule has 1 heterocycles. The van der Waals surface area contributed by atoms with E-state index in [9.17, 15) is 4.79 Å². The van der Waals surface area contributed by atoms with E-state index in [1.54, 1.807) is 0 Å². The van der Waals surface area contributed by atoms with Crippen LogP contribution in [-0.2, 0) is 0 Å². The van der Waals surface area contributed by atoms with Crippen molar-refractivity contribution >= 4 is 11.7 Å². The van der Waals surface area contributed by atoms with Crippen LogP contribution in [0.4, 0.5) is 10.5 Å². The van der Waals surface area contributed by atoms with Crippen LogP contribution in [0.15, 0.2) is 30.3 Å². The molecule has 2 amide bonds. The molecule has 2 rings (SSSR count). The summed E-state index contributed by atoms with van der Waals surface area (Å²) in [7, 11) is 0. The number of rotatable bonds is 3. The quantitative estimate of drug-likeness (QED) is 0.860. The number of nitrogens with two attached hydrogens (primary N) is 1. The second kappa shape index (κ2) is 7.11. The molecule has 5 nitrogen and oxygen atoms in total. The van der Waals surface area contributed by atoms with Crippen molar-refractivity contribution in [3.05, 3.63) is 30.3 Å². The third-order valence-electron chi connectivity index (χ3n) is 3.35. The standard InChI is InChI=1S/C14H22N4O/c15-7-10-17-8-4-9-18(12-11-17)14(19)16-13-5-2-1-3-6-13/h1-3,5-6H,4,7-12,15H2,(H,16,19). The first-order valence-corrected chi connectivity index (χ1v) is 6.83. The van der Waals surface area contributed by atoms with E-state index in [4.69, 9.17) is 5.73 Å². The van der Waals surface area contributed by atoms with Crippen molar-refractivity contribution in [3.63, 3.8) is 0 Å². The van der Waals surface area contributed by atoms with E-state index in [0.29, 0.717) is 6.54 Å². The average molecular weight is 262 g/mol. The molecule has 0 radical (unpaired) electrons. The van der Waals surface area contributed by atoms with Gasteiger partial charge in [0.2, 0.25) is 0 Å². The van der Waals surface area contributed by atoms with Crippen molar-refractivity contribution in [1.29, 1.82) is 0 Å². The van der Waals surface area contributed by atoms with E-state index in [0.717, 1.165) is 44.8 Å². The summed E-state index contributed by atoms with van der Waals surface area (Å²) in [6.07, 6.45) is 1.00. The van der Waals surface area contributed by atoms with E-state index in [-0.39, 0.29) is 6.03 Å². The van der Waals surface area contributed by atoms with Gasteiger partial charge in [0.25, 0.3) is 0 Å². The number of urea groups is 1. The SMILES string of the molecule is NCCN1CCCN(C(=O)Nc2ccccc2)CC1. The fourth-order valence-corrected chi connectivity index (χ4v) is 2.30. The molecule has 1 aliphatic rings. The van der Waals surface area contributed by atoms with Crippen LogP contribution in [0.25, 0.3) is 0 Å². The third-order valence-corrected chi connectivity index (χ3v) is 3.35. The first-order valence-electron chi connectivity index (χ1n) is 6.83. The van der Waals surface area contributed by atoms with Crippen molar-refractivity contribution in [2.24, 2.45) is 5.73 Å². The maximum absolute atomic E-state index is 12.2. The van der Waals surface area contributed by atoms with Crippen LogP contribution in [0, 0.1) is 0 Å². The minimum atomic E-state index is -0.0131. The second-order valence-corrected chi connectivity index (χ2v) is 4.77. The summed E-state index contributed by atoms with van der Waals surface area (Å²) in [6.45, 7) is 5.08. The van der Waals surface area contributed by atoms with Crippen molar-refractivity contribution in [2.45, 2.75) is 6.42 Å². The summed E-state index contributed by atoms with van der Waals surface area (Å²) >= 11 is 0. The Labute approximate surface area is 114 Å². The molecule has 5 heteroatoms. The molecule has 0 bridgehead atoms. The molecule has 1 aromatic rings. The molecule has 0 spiro atoms. The van der Waals surface area contributed by atoms with Crippen LogP contribution in [0.1, 0.15) is 6.42 Å². The summed E-state index contributed by atoms with van der Waals surface area (Å²) in [6, 6.07) is 9.56. The number of para-hydroxylation sites is 1. The Kier molecular flexibility index (Phi) is 5.18. The number of amides is 2. The molecule has 0 atom stereocenters. The molecule has 0 saturated carbocycles. The zero-order valence-electron chi connectivity index (χ0n) is 11.2. The van der Waals surface area contributed by atoms with Gasteiger partial charge in [-0.15, -0.1) is 0 Å². The largest absolute Gasteiger partial charge is 0.329 e. The van der Waals surface area contributed by atoms with Gasteiger partial charge in [0.1, 0.15) is 0 Å². The number of nitrogens with zero attached hydrogens (tertiary/aromatic N) is 2. The topological polar surface area (TPSA) is 61.6 Å². The van der Waals surface area contributed by atoms with Crippen molar-refractivity contribution in [3.8, 4) is 0 Å². The van der Waals surface area contributed by atoms with E-state index < -0.39 is 0 Å². The van der Waals surface area contributed by atoms with Crippen molar-refractivity contribution in [1.82, 2.24) is 9.80 Å². The lowest BCUT2D eigenvalue weighted by atomic mass is 10.3. The Morgan fingerprint density at radius 2 is 1.95 bits per heavy atom. The highest BCUT2D eigenvalue weighted by Crippen LogP contribution is 2.08. The summed E-state index contributed by atoms with van der Waals surface area (Å²) in [5.41, 5.74) is 6.42. The smallest absolute Gasteiger partial charge is 0.321 e. The Morgan fingerprint density at radius 3 is 2.68 bits per heavy atom. The van der Waals surface area contributed by atoms with Gasteiger partial charge in [-0.3, -0.25) is 0 Å². The molecule has 3 N–H and O–H groups in total. The molecule has 1 aromatic carbocycles. The van der Waals surface area contributed by atoms with E-state index >= 15 is 0 Å². The zero-order valence-corrected chi connectivity index (χ0v) is 11.2. The fraction of sp³-hybridized carbons (Fsp3) is 0.500. The van der Waals surface area contributed by atoms with Gasteiger partial charge in [-0.1, -0.05) is 18.2 Å². The molecular formula is C14H22N4O. The number of carbonyl (C=O) groups excluding carboxylic acids is 1. The third kappa shape index (κ3) is 4.22. The van der Waals surface area contributed by atoms with Crippen LogP contribution in [-0.4, -0.2) is 55.1 Å². The second-order valence-electron chi connectivity index (χ2n) is 4.77. The predicted molar refractivity (Wildman–Crippen MR) is 77.1 cm³/mol. The average Bonchev–Trinajstić information content (AvgIpc) is 2.66. The molecule has 1 aliphatic heterocycles. The van der Waals surface area contributed by atoms with E-state index in [2.05, 4.69) is 10.2 Å². The maximum atomic E-state index is 12.2. The number of benzene rings is 1. The molecule has 1 fully saturated rings. The Hall–Kier alpha value is -1.59. The van der Waals surface area contributed by atoms with Crippen LogP contribution >= 0.6 is 0 Å². The maximum Gasteiger partial charge on any atom is 0.321 e. The zero-order chi connectivity index (χ0) is 13.5. The first kappa shape index (κ1) is 13.8. The molecule has 0 aromatic heterocycles. The van der Waals surface area contributed by atoms with Crippen LogP contribution < -0.4 is 11.1 Å². The molecule has 104 valence electrons. The fourth-order valence-electron chi connectivity index (χ4n) is 2.30. The van der Waals surface area contributed by atoms with Crippen molar-refractivity contribution < 1.29 is 4.79 Å². The Bertz CT molecular complexity index is 396. The molecule has 1 saturated heterocycles. The van der Waals surface area contributed by atoms with Gasteiger partial charge < -0.3 is 20.9 Å². The van der Waals surface area contributed by atoms with Gasteiger partial charge in [0.15, 0.2) is 0 Å². The number of nitrogens with one attached hydrogen (secondary N) is 1. The molecule has 0 unspecified atom stereocenters. The van der Waals surface area contributed by atoms with Gasteiger partial charge >= 0.3 is 6.03 Å². The van der Waals surface area contributed by atoms with E-state index in [1.165, 1.54) is 0 Å². The molecule has 0 aliphatic carbocycles. The van der Waals surface area contributed by atoms with Gasteiger partial charge in [0.05, 0.1) is 0 Å². The summed E-state index contributed by atoms with van der Waals surface area (Å²) in [4.78, 5) is 16.4. The number of anilines is 1.